The van der Waals surface area contributed by atoms with Crippen LogP contribution in [0.25, 0.3) is 21.8 Å². The number of aromatic nitrogens is 1. The number of halogens is 1. The number of carbonyl (C=O) groups is 1. The van der Waals surface area contributed by atoms with Crippen molar-refractivity contribution in [1.29, 1.82) is 0 Å². The standard InChI is InChI=1S/C22H23N3O2.ClH/c23-18-10-9-14-11-24(12-17(14)18)21(26)13-25-19-7-3-1-5-15(19)22(27)16-6-2-4-8-20(16)25;/h1-8,14,17-18H,9-13,23H2;1H. The van der Waals surface area contributed by atoms with Gasteiger partial charge in [-0.15, -0.1) is 12.4 Å². The summed E-state index contributed by atoms with van der Waals surface area (Å²) in [5.74, 6) is 1.10. The van der Waals surface area contributed by atoms with Crippen molar-refractivity contribution in [3.8, 4) is 0 Å². The Balaban J connectivity index is 0.00000192. The van der Waals surface area contributed by atoms with Crippen molar-refractivity contribution in [2.75, 3.05) is 13.1 Å². The van der Waals surface area contributed by atoms with Gasteiger partial charge in [0.15, 0.2) is 5.43 Å². The third kappa shape index (κ3) is 2.90. The summed E-state index contributed by atoms with van der Waals surface area (Å²) < 4.78 is 1.99. The Kier molecular flexibility index (Phi) is 4.89. The fraction of sp³-hybridized carbons (Fsp3) is 0.364. The normalized spacial score (nSPS) is 23.8. The summed E-state index contributed by atoms with van der Waals surface area (Å²) in [5, 5.41) is 1.31. The second-order valence-corrected chi connectivity index (χ2v) is 7.91. The molecule has 28 heavy (non-hydrogen) atoms. The van der Waals surface area contributed by atoms with E-state index in [4.69, 9.17) is 5.73 Å². The van der Waals surface area contributed by atoms with Crippen LogP contribution in [0.5, 0.6) is 0 Å². The minimum atomic E-state index is 0. The van der Waals surface area contributed by atoms with Crippen molar-refractivity contribution in [3.63, 3.8) is 0 Å². The fourth-order valence-corrected chi connectivity index (χ4v) is 4.99. The van der Waals surface area contributed by atoms with Crippen LogP contribution in [0, 0.1) is 11.8 Å². The maximum Gasteiger partial charge on any atom is 0.242 e. The molecular formula is C22H24ClN3O2. The monoisotopic (exact) mass is 397 g/mol. The molecule has 1 amide bonds. The summed E-state index contributed by atoms with van der Waals surface area (Å²) in [5.41, 5.74) is 7.86. The zero-order chi connectivity index (χ0) is 18.5. The van der Waals surface area contributed by atoms with Gasteiger partial charge in [0.05, 0.1) is 11.0 Å². The summed E-state index contributed by atoms with van der Waals surface area (Å²) in [4.78, 5) is 27.9. The van der Waals surface area contributed by atoms with Crippen LogP contribution in [0.15, 0.2) is 53.3 Å². The van der Waals surface area contributed by atoms with Crippen LogP contribution in [0.4, 0.5) is 0 Å². The SMILES string of the molecule is Cl.NC1CCC2CN(C(=O)Cn3c4ccccc4c(=O)c4ccccc43)CC12. The number of rotatable bonds is 2. The third-order valence-corrected chi connectivity index (χ3v) is 6.44. The molecule has 3 unspecified atom stereocenters. The van der Waals surface area contributed by atoms with Gasteiger partial charge < -0.3 is 15.2 Å². The summed E-state index contributed by atoms with van der Waals surface area (Å²) in [7, 11) is 0. The first-order valence-electron chi connectivity index (χ1n) is 9.67. The average Bonchev–Trinajstić information content (AvgIpc) is 3.27. The first kappa shape index (κ1) is 19.0. The smallest absolute Gasteiger partial charge is 0.242 e. The first-order valence-corrected chi connectivity index (χ1v) is 9.67. The Morgan fingerprint density at radius 3 is 2.18 bits per heavy atom. The Morgan fingerprint density at radius 2 is 1.57 bits per heavy atom. The number of benzene rings is 2. The number of nitrogens with two attached hydrogens (primary N) is 1. The van der Waals surface area contributed by atoms with E-state index in [2.05, 4.69) is 0 Å². The van der Waals surface area contributed by atoms with Crippen LogP contribution in [-0.2, 0) is 11.3 Å². The molecule has 1 aliphatic carbocycles. The van der Waals surface area contributed by atoms with Crippen molar-refractivity contribution >= 4 is 40.1 Å². The molecule has 1 saturated carbocycles. The molecule has 3 atom stereocenters. The highest BCUT2D eigenvalue weighted by Crippen LogP contribution is 2.37. The van der Waals surface area contributed by atoms with Crippen molar-refractivity contribution in [2.45, 2.75) is 25.4 Å². The van der Waals surface area contributed by atoms with E-state index in [1.807, 2.05) is 58.0 Å². The first-order chi connectivity index (χ1) is 13.1. The molecule has 1 aromatic heterocycles. The molecule has 146 valence electrons. The van der Waals surface area contributed by atoms with Crippen molar-refractivity contribution in [3.05, 3.63) is 58.8 Å². The number of likely N-dealkylation sites (tertiary alicyclic amines) is 1. The van der Waals surface area contributed by atoms with Gasteiger partial charge in [-0.3, -0.25) is 9.59 Å². The van der Waals surface area contributed by atoms with E-state index in [1.54, 1.807) is 0 Å². The average molecular weight is 398 g/mol. The molecule has 6 heteroatoms. The maximum absolute atomic E-state index is 13.1. The Labute approximate surface area is 169 Å². The molecular weight excluding hydrogens is 374 g/mol. The number of carbonyl (C=O) groups excluding carboxylic acids is 1. The second-order valence-electron chi connectivity index (χ2n) is 7.91. The lowest BCUT2D eigenvalue weighted by Gasteiger charge is -2.21. The highest BCUT2D eigenvalue weighted by Gasteiger charge is 2.42. The zero-order valence-electron chi connectivity index (χ0n) is 15.6. The third-order valence-electron chi connectivity index (χ3n) is 6.44. The quantitative estimate of drug-likeness (QED) is 0.676. The van der Waals surface area contributed by atoms with Crippen LogP contribution in [0.1, 0.15) is 12.8 Å². The van der Waals surface area contributed by atoms with E-state index in [0.717, 1.165) is 37.0 Å². The Morgan fingerprint density at radius 1 is 0.964 bits per heavy atom. The van der Waals surface area contributed by atoms with Crippen molar-refractivity contribution in [1.82, 2.24) is 9.47 Å². The lowest BCUT2D eigenvalue weighted by atomic mass is 9.98. The van der Waals surface area contributed by atoms with Gasteiger partial charge >= 0.3 is 0 Å². The fourth-order valence-electron chi connectivity index (χ4n) is 4.99. The predicted molar refractivity (Wildman–Crippen MR) is 114 cm³/mol. The largest absolute Gasteiger partial charge is 0.341 e. The molecule has 2 aliphatic rings. The van der Waals surface area contributed by atoms with E-state index in [-0.39, 0.29) is 36.3 Å². The lowest BCUT2D eigenvalue weighted by molar-refractivity contribution is -0.131. The minimum absolute atomic E-state index is 0. The number of hydrogen-bond acceptors (Lipinski definition) is 3. The highest BCUT2D eigenvalue weighted by atomic mass is 35.5. The van der Waals surface area contributed by atoms with Crippen molar-refractivity contribution in [2.24, 2.45) is 17.6 Å². The van der Waals surface area contributed by atoms with Gasteiger partial charge in [-0.2, -0.15) is 0 Å². The van der Waals surface area contributed by atoms with E-state index in [1.165, 1.54) is 0 Å². The van der Waals surface area contributed by atoms with Gasteiger partial charge in [-0.1, -0.05) is 24.3 Å². The number of pyridine rings is 1. The Bertz CT molecular complexity index is 1050. The van der Waals surface area contributed by atoms with E-state index >= 15 is 0 Å². The summed E-state index contributed by atoms with van der Waals surface area (Å²) >= 11 is 0. The Hall–Kier alpha value is -2.37. The molecule has 5 nitrogen and oxygen atoms in total. The predicted octanol–water partition coefficient (Wildman–Crippen LogP) is 2.77. The van der Waals surface area contributed by atoms with Crippen LogP contribution in [0.3, 0.4) is 0 Å². The topological polar surface area (TPSA) is 68.3 Å². The summed E-state index contributed by atoms with van der Waals surface area (Å²) in [6.07, 6.45) is 2.20. The van der Waals surface area contributed by atoms with Crippen LogP contribution >= 0.6 is 12.4 Å². The van der Waals surface area contributed by atoms with Gasteiger partial charge in [-0.05, 0) is 48.9 Å². The molecule has 2 fully saturated rings. The van der Waals surface area contributed by atoms with Crippen LogP contribution in [0.2, 0.25) is 0 Å². The summed E-state index contributed by atoms with van der Waals surface area (Å²) in [6.45, 7) is 1.82. The molecule has 0 spiro atoms. The molecule has 2 heterocycles. The maximum atomic E-state index is 13.1. The van der Waals surface area contributed by atoms with Crippen LogP contribution < -0.4 is 11.2 Å². The summed E-state index contributed by atoms with van der Waals surface area (Å²) in [6, 6.07) is 15.3. The van der Waals surface area contributed by atoms with Gasteiger partial charge in [0.2, 0.25) is 5.91 Å². The molecule has 3 aromatic rings. The molecule has 2 aromatic carbocycles. The lowest BCUT2D eigenvalue weighted by Crippen LogP contribution is -2.35. The number of amides is 1. The molecule has 1 aliphatic heterocycles. The highest BCUT2D eigenvalue weighted by molar-refractivity contribution is 5.94. The second kappa shape index (κ2) is 7.22. The number of hydrogen-bond donors (Lipinski definition) is 1. The molecule has 1 saturated heterocycles. The minimum Gasteiger partial charge on any atom is -0.341 e. The molecule has 5 rings (SSSR count). The molecule has 2 N–H and O–H groups in total. The van der Waals surface area contributed by atoms with E-state index < -0.39 is 0 Å². The molecule has 0 radical (unpaired) electrons. The number of fused-ring (bicyclic) bond motifs is 3. The van der Waals surface area contributed by atoms with Gasteiger partial charge in [0.1, 0.15) is 6.54 Å². The van der Waals surface area contributed by atoms with Gasteiger partial charge in [0.25, 0.3) is 0 Å². The van der Waals surface area contributed by atoms with Crippen LogP contribution in [-0.4, -0.2) is 34.5 Å². The molecule has 0 bridgehead atoms. The number of para-hydroxylation sites is 2. The van der Waals surface area contributed by atoms with Gasteiger partial charge in [0, 0.05) is 29.9 Å². The number of nitrogens with zero attached hydrogens (tertiary/aromatic N) is 2. The zero-order valence-corrected chi connectivity index (χ0v) is 16.4. The van der Waals surface area contributed by atoms with Gasteiger partial charge in [-0.25, -0.2) is 0 Å². The van der Waals surface area contributed by atoms with E-state index in [9.17, 15) is 9.59 Å². The van der Waals surface area contributed by atoms with Crippen molar-refractivity contribution < 1.29 is 4.79 Å². The van der Waals surface area contributed by atoms with E-state index in [0.29, 0.717) is 22.6 Å².